The Morgan fingerprint density at radius 2 is 1.65 bits per heavy atom. The molecule has 0 fully saturated rings. The van der Waals surface area contributed by atoms with Gasteiger partial charge >= 0.3 is 5.97 Å². The van der Waals surface area contributed by atoms with Gasteiger partial charge in [0.2, 0.25) is 0 Å². The van der Waals surface area contributed by atoms with Gasteiger partial charge in [-0.3, -0.25) is 0 Å². The zero-order valence-electron chi connectivity index (χ0n) is 15.1. The number of benzene rings is 2. The van der Waals surface area contributed by atoms with Crippen molar-refractivity contribution in [3.05, 3.63) is 89.0 Å². The Morgan fingerprint density at radius 1 is 1.08 bits per heavy atom. The molecule has 5 heteroatoms. The number of hydrogen-bond donors (Lipinski definition) is 1. The molecule has 0 aliphatic carbocycles. The van der Waals surface area contributed by atoms with Gasteiger partial charge in [0.05, 0.1) is 13.2 Å². The Bertz CT molecular complexity index is 873. The van der Waals surface area contributed by atoms with Gasteiger partial charge in [0.25, 0.3) is 0 Å². The van der Waals surface area contributed by atoms with Gasteiger partial charge < -0.3 is 15.0 Å². The van der Waals surface area contributed by atoms with Crippen molar-refractivity contribution in [2.24, 2.45) is 5.73 Å². The number of carbonyl (C=O) groups is 1. The molecule has 3 aromatic rings. The van der Waals surface area contributed by atoms with E-state index < -0.39 is 5.97 Å². The number of rotatable bonds is 6. The average molecular weight is 349 g/mol. The summed E-state index contributed by atoms with van der Waals surface area (Å²) in [5, 5.41) is 0. The van der Waals surface area contributed by atoms with Gasteiger partial charge in [0, 0.05) is 12.2 Å². The summed E-state index contributed by atoms with van der Waals surface area (Å²) in [6.45, 7) is 2.48. The largest absolute Gasteiger partial charge is 0.464 e. The zero-order chi connectivity index (χ0) is 18.5. The maximum Gasteiger partial charge on any atom is 0.358 e. The van der Waals surface area contributed by atoms with Gasteiger partial charge in [-0.25, -0.2) is 9.78 Å². The summed E-state index contributed by atoms with van der Waals surface area (Å²) in [5.74, 6) is 0.248. The van der Waals surface area contributed by atoms with Crippen molar-refractivity contribution in [3.8, 4) is 0 Å². The molecule has 0 spiro atoms. The molecular weight excluding hydrogens is 326 g/mol. The first-order chi connectivity index (χ1) is 12.6. The molecule has 134 valence electrons. The molecule has 26 heavy (non-hydrogen) atoms. The SMILES string of the molecule is COC(=O)c1nc([C@@H](N)Cc2ccccc2)n(Cc2ccccc2)c1C. The third kappa shape index (κ3) is 3.83. The molecule has 0 radical (unpaired) electrons. The Labute approximate surface area is 153 Å². The number of nitrogens with zero attached hydrogens (tertiary/aromatic N) is 2. The first kappa shape index (κ1) is 17.9. The normalized spacial score (nSPS) is 12.0. The average Bonchev–Trinajstić information content (AvgIpc) is 2.99. The molecule has 0 unspecified atom stereocenters. The van der Waals surface area contributed by atoms with E-state index in [1.807, 2.05) is 72.2 Å². The minimum Gasteiger partial charge on any atom is -0.464 e. The van der Waals surface area contributed by atoms with Crippen LogP contribution in [0.4, 0.5) is 0 Å². The maximum absolute atomic E-state index is 12.1. The van der Waals surface area contributed by atoms with E-state index in [0.29, 0.717) is 24.5 Å². The highest BCUT2D eigenvalue weighted by molar-refractivity contribution is 5.88. The highest BCUT2D eigenvalue weighted by Gasteiger charge is 2.23. The molecule has 3 rings (SSSR count). The molecule has 5 nitrogen and oxygen atoms in total. The lowest BCUT2D eigenvalue weighted by atomic mass is 10.1. The topological polar surface area (TPSA) is 70.1 Å². The Morgan fingerprint density at radius 3 is 2.23 bits per heavy atom. The summed E-state index contributed by atoms with van der Waals surface area (Å²) >= 11 is 0. The fraction of sp³-hybridized carbons (Fsp3) is 0.238. The molecule has 0 aliphatic rings. The molecule has 1 atom stereocenters. The smallest absolute Gasteiger partial charge is 0.358 e. The highest BCUT2D eigenvalue weighted by Crippen LogP contribution is 2.21. The van der Waals surface area contributed by atoms with Gasteiger partial charge in [-0.15, -0.1) is 0 Å². The minimum atomic E-state index is -0.442. The fourth-order valence-electron chi connectivity index (χ4n) is 3.05. The number of imidazole rings is 1. The van der Waals surface area contributed by atoms with Crippen LogP contribution in [-0.2, 0) is 17.7 Å². The van der Waals surface area contributed by atoms with Gasteiger partial charge in [0.1, 0.15) is 5.82 Å². The molecule has 1 heterocycles. The summed E-state index contributed by atoms with van der Waals surface area (Å²) < 4.78 is 6.89. The lowest BCUT2D eigenvalue weighted by Crippen LogP contribution is -2.20. The Balaban J connectivity index is 1.97. The summed E-state index contributed by atoms with van der Waals surface area (Å²) in [6.07, 6.45) is 0.646. The highest BCUT2D eigenvalue weighted by atomic mass is 16.5. The van der Waals surface area contributed by atoms with E-state index in [1.165, 1.54) is 7.11 Å². The second kappa shape index (κ2) is 7.97. The van der Waals surface area contributed by atoms with Gasteiger partial charge in [0.15, 0.2) is 5.69 Å². The second-order valence-corrected chi connectivity index (χ2v) is 6.26. The number of nitrogens with two attached hydrogens (primary N) is 1. The molecular formula is C21H23N3O2. The zero-order valence-corrected chi connectivity index (χ0v) is 15.1. The van der Waals surface area contributed by atoms with Crippen LogP contribution in [0.2, 0.25) is 0 Å². The number of esters is 1. The van der Waals surface area contributed by atoms with Crippen molar-refractivity contribution in [1.82, 2.24) is 9.55 Å². The Hall–Kier alpha value is -2.92. The van der Waals surface area contributed by atoms with Crippen molar-refractivity contribution in [3.63, 3.8) is 0 Å². The van der Waals surface area contributed by atoms with Crippen molar-refractivity contribution < 1.29 is 9.53 Å². The summed E-state index contributed by atoms with van der Waals surface area (Å²) in [6, 6.07) is 19.8. The molecule has 2 aromatic carbocycles. The quantitative estimate of drug-likeness (QED) is 0.694. The molecule has 0 saturated carbocycles. The standard InChI is InChI=1S/C21H23N3O2/c1-15-19(21(25)26-2)23-20(18(22)13-16-9-5-3-6-10-16)24(15)14-17-11-7-4-8-12-17/h3-12,18H,13-14,22H2,1-2H3/t18-/m0/s1. The predicted molar refractivity (Wildman–Crippen MR) is 101 cm³/mol. The van der Waals surface area contributed by atoms with Crippen LogP contribution in [0, 0.1) is 6.92 Å². The van der Waals surface area contributed by atoms with Crippen LogP contribution >= 0.6 is 0 Å². The van der Waals surface area contributed by atoms with Crippen molar-refractivity contribution in [2.75, 3.05) is 7.11 Å². The van der Waals surface area contributed by atoms with Crippen LogP contribution in [-0.4, -0.2) is 22.6 Å². The van der Waals surface area contributed by atoms with Gasteiger partial charge in [-0.2, -0.15) is 0 Å². The van der Waals surface area contributed by atoms with E-state index in [9.17, 15) is 4.79 Å². The number of hydrogen-bond acceptors (Lipinski definition) is 4. The molecule has 0 bridgehead atoms. The molecule has 1 aromatic heterocycles. The summed E-state index contributed by atoms with van der Waals surface area (Å²) in [5.41, 5.74) is 9.81. The molecule has 0 aliphatic heterocycles. The van der Waals surface area contributed by atoms with Crippen LogP contribution in [0.15, 0.2) is 60.7 Å². The lowest BCUT2D eigenvalue weighted by Gasteiger charge is -2.15. The van der Waals surface area contributed by atoms with Gasteiger partial charge in [-0.1, -0.05) is 60.7 Å². The van der Waals surface area contributed by atoms with E-state index in [0.717, 1.165) is 16.8 Å². The predicted octanol–water partition coefficient (Wildman–Crippen LogP) is 3.27. The van der Waals surface area contributed by atoms with Crippen LogP contribution in [0.3, 0.4) is 0 Å². The molecule has 2 N–H and O–H groups in total. The van der Waals surface area contributed by atoms with Gasteiger partial charge in [-0.05, 0) is 24.5 Å². The van der Waals surface area contributed by atoms with Crippen molar-refractivity contribution >= 4 is 5.97 Å². The third-order valence-electron chi connectivity index (χ3n) is 4.44. The second-order valence-electron chi connectivity index (χ2n) is 6.26. The first-order valence-electron chi connectivity index (χ1n) is 8.59. The van der Waals surface area contributed by atoms with E-state index in [-0.39, 0.29) is 6.04 Å². The van der Waals surface area contributed by atoms with Crippen molar-refractivity contribution in [1.29, 1.82) is 0 Å². The van der Waals surface area contributed by atoms with E-state index >= 15 is 0 Å². The van der Waals surface area contributed by atoms with E-state index in [4.69, 9.17) is 10.5 Å². The number of methoxy groups -OCH3 is 1. The third-order valence-corrected chi connectivity index (χ3v) is 4.44. The summed E-state index contributed by atoms with van der Waals surface area (Å²) in [7, 11) is 1.36. The Kier molecular flexibility index (Phi) is 5.49. The maximum atomic E-state index is 12.1. The van der Waals surface area contributed by atoms with E-state index in [2.05, 4.69) is 4.98 Å². The van der Waals surface area contributed by atoms with Crippen LogP contribution < -0.4 is 5.73 Å². The molecule has 0 amide bonds. The van der Waals surface area contributed by atoms with Crippen molar-refractivity contribution in [2.45, 2.75) is 25.9 Å². The minimum absolute atomic E-state index is 0.321. The molecule has 0 saturated heterocycles. The van der Waals surface area contributed by atoms with Crippen LogP contribution in [0.5, 0.6) is 0 Å². The number of aromatic nitrogens is 2. The lowest BCUT2D eigenvalue weighted by molar-refractivity contribution is 0.0593. The monoisotopic (exact) mass is 349 g/mol. The number of carbonyl (C=O) groups excluding carboxylic acids is 1. The first-order valence-corrected chi connectivity index (χ1v) is 8.59. The van der Waals surface area contributed by atoms with E-state index in [1.54, 1.807) is 0 Å². The van der Waals surface area contributed by atoms with Crippen LogP contribution in [0.25, 0.3) is 0 Å². The number of ether oxygens (including phenoxy) is 1. The van der Waals surface area contributed by atoms with Crippen LogP contribution in [0.1, 0.15) is 39.2 Å². The summed E-state index contributed by atoms with van der Waals surface area (Å²) in [4.78, 5) is 16.6. The fourth-order valence-corrected chi connectivity index (χ4v) is 3.05.